The van der Waals surface area contributed by atoms with Gasteiger partial charge in [0.25, 0.3) is 5.56 Å². The van der Waals surface area contributed by atoms with Crippen molar-refractivity contribution in [1.29, 1.82) is 0 Å². The van der Waals surface area contributed by atoms with E-state index >= 15 is 0 Å². The van der Waals surface area contributed by atoms with E-state index in [0.717, 1.165) is 0 Å². The maximum absolute atomic E-state index is 14.9. The van der Waals surface area contributed by atoms with Crippen LogP contribution in [0.15, 0.2) is 29.2 Å². The highest BCUT2D eigenvalue weighted by Gasteiger charge is 2.45. The van der Waals surface area contributed by atoms with Gasteiger partial charge in [-0.05, 0) is 44.4 Å². The molecular formula is C24H24ClF2N5O2. The van der Waals surface area contributed by atoms with Crippen LogP contribution in [0, 0.1) is 31.5 Å². The van der Waals surface area contributed by atoms with E-state index in [0.29, 0.717) is 49.7 Å². The number of carbonyl (C=O) groups excluding carboxylic acids is 1. The number of aryl methyl sites for hydroxylation is 1. The van der Waals surface area contributed by atoms with E-state index in [2.05, 4.69) is 4.98 Å². The summed E-state index contributed by atoms with van der Waals surface area (Å²) in [5.74, 6) is -0.413. The molecule has 2 fully saturated rings. The zero-order valence-corrected chi connectivity index (χ0v) is 19.6. The number of carbonyl (C=O) groups is 1. The van der Waals surface area contributed by atoms with E-state index in [1.165, 1.54) is 16.5 Å². The first-order valence-electron chi connectivity index (χ1n) is 11.2. The number of alkyl halides is 1. The molecule has 10 heteroatoms. The van der Waals surface area contributed by atoms with Crippen LogP contribution < -0.4 is 10.5 Å². The van der Waals surface area contributed by atoms with Crippen LogP contribution in [0.3, 0.4) is 0 Å². The van der Waals surface area contributed by atoms with Crippen molar-refractivity contribution >= 4 is 29.0 Å². The monoisotopic (exact) mass is 487 g/mol. The second-order valence-corrected chi connectivity index (χ2v) is 9.40. The molecule has 0 radical (unpaired) electrons. The lowest BCUT2D eigenvalue weighted by Gasteiger charge is -2.35. The Kier molecular flexibility index (Phi) is 5.75. The number of rotatable bonds is 4. The van der Waals surface area contributed by atoms with Crippen molar-refractivity contribution < 1.29 is 13.6 Å². The van der Waals surface area contributed by atoms with Gasteiger partial charge in [-0.15, -0.1) is 0 Å². The van der Waals surface area contributed by atoms with E-state index in [9.17, 15) is 18.4 Å². The molecular weight excluding hydrogens is 464 g/mol. The van der Waals surface area contributed by atoms with Crippen LogP contribution in [0.25, 0.3) is 16.9 Å². The fourth-order valence-corrected chi connectivity index (χ4v) is 4.61. The first-order valence-corrected chi connectivity index (χ1v) is 11.6. The molecule has 7 nitrogen and oxygen atoms in total. The predicted molar refractivity (Wildman–Crippen MR) is 126 cm³/mol. The third-order valence-electron chi connectivity index (χ3n) is 6.81. The molecule has 2 aliphatic rings. The maximum atomic E-state index is 14.9. The Bertz CT molecular complexity index is 1350. The number of nitrogens with zero attached hydrogens (tertiary/aromatic N) is 5. The molecule has 2 aromatic heterocycles. The lowest BCUT2D eigenvalue weighted by Crippen LogP contribution is -2.49. The molecule has 1 aliphatic carbocycles. The van der Waals surface area contributed by atoms with Crippen molar-refractivity contribution in [2.45, 2.75) is 20.3 Å². The molecule has 1 aromatic carbocycles. The Morgan fingerprint density at radius 1 is 1.18 bits per heavy atom. The molecule has 2 atom stereocenters. The summed E-state index contributed by atoms with van der Waals surface area (Å²) in [6.07, 6.45) is 2.23. The maximum Gasteiger partial charge on any atom is 0.261 e. The van der Waals surface area contributed by atoms with Crippen molar-refractivity contribution in [3.8, 4) is 11.3 Å². The van der Waals surface area contributed by atoms with Gasteiger partial charge in [-0.1, -0.05) is 11.6 Å². The van der Waals surface area contributed by atoms with Crippen molar-refractivity contribution in [2.75, 3.05) is 37.8 Å². The molecule has 0 unspecified atom stereocenters. The summed E-state index contributed by atoms with van der Waals surface area (Å²) in [6, 6.07) is 4.30. The topological polar surface area (TPSA) is 70.8 Å². The number of piperazine rings is 1. The number of anilines is 1. The summed E-state index contributed by atoms with van der Waals surface area (Å²) in [5.41, 5.74) is 1.50. The third-order valence-corrected chi connectivity index (χ3v) is 7.04. The number of hydrogen-bond donors (Lipinski definition) is 0. The number of benzene rings is 1. The van der Waals surface area contributed by atoms with Crippen molar-refractivity contribution in [3.05, 3.63) is 56.8 Å². The molecule has 34 heavy (non-hydrogen) atoms. The van der Waals surface area contributed by atoms with Gasteiger partial charge in [0, 0.05) is 53.9 Å². The van der Waals surface area contributed by atoms with Gasteiger partial charge in [-0.2, -0.15) is 0 Å². The third kappa shape index (κ3) is 3.91. The van der Waals surface area contributed by atoms with E-state index < -0.39 is 12.5 Å². The lowest BCUT2D eigenvalue weighted by atomic mass is 10.1. The second kappa shape index (κ2) is 8.61. The van der Waals surface area contributed by atoms with Crippen LogP contribution in [0.2, 0.25) is 5.02 Å². The highest BCUT2D eigenvalue weighted by molar-refractivity contribution is 6.30. The fourth-order valence-electron chi connectivity index (χ4n) is 4.45. The quantitative estimate of drug-likeness (QED) is 0.564. The number of hydrogen-bond acceptors (Lipinski definition) is 5. The molecule has 1 amide bonds. The summed E-state index contributed by atoms with van der Waals surface area (Å²) in [7, 11) is 0. The normalized spacial score (nSPS) is 20.1. The molecule has 0 bridgehead atoms. The van der Waals surface area contributed by atoms with E-state index in [-0.39, 0.29) is 45.2 Å². The van der Waals surface area contributed by atoms with Gasteiger partial charge in [0.05, 0.1) is 12.9 Å². The fraction of sp³-hybridized carbons (Fsp3) is 0.417. The highest BCUT2D eigenvalue weighted by atomic mass is 35.5. The van der Waals surface area contributed by atoms with Gasteiger partial charge in [0.15, 0.2) is 5.65 Å². The minimum atomic E-state index is -0.561. The molecule has 0 N–H and O–H groups in total. The summed E-state index contributed by atoms with van der Waals surface area (Å²) in [4.78, 5) is 38.6. The van der Waals surface area contributed by atoms with Gasteiger partial charge in [0.1, 0.15) is 17.3 Å². The molecule has 1 saturated heterocycles. The van der Waals surface area contributed by atoms with Crippen LogP contribution in [0.1, 0.15) is 17.7 Å². The van der Waals surface area contributed by atoms with Crippen molar-refractivity contribution in [1.82, 2.24) is 19.3 Å². The van der Waals surface area contributed by atoms with E-state index in [4.69, 9.17) is 16.6 Å². The largest absolute Gasteiger partial charge is 0.352 e. The van der Waals surface area contributed by atoms with Crippen molar-refractivity contribution in [3.63, 3.8) is 0 Å². The van der Waals surface area contributed by atoms with Crippen LogP contribution in [0.5, 0.6) is 0 Å². The Morgan fingerprint density at radius 2 is 1.91 bits per heavy atom. The number of aromatic nitrogens is 3. The van der Waals surface area contributed by atoms with Gasteiger partial charge < -0.3 is 9.80 Å². The van der Waals surface area contributed by atoms with Gasteiger partial charge in [0.2, 0.25) is 5.91 Å². The van der Waals surface area contributed by atoms with Crippen LogP contribution in [-0.2, 0) is 4.79 Å². The lowest BCUT2D eigenvalue weighted by molar-refractivity contribution is -0.133. The first-order chi connectivity index (χ1) is 16.3. The minimum absolute atomic E-state index is 0.00390. The van der Waals surface area contributed by atoms with Gasteiger partial charge >= 0.3 is 0 Å². The summed E-state index contributed by atoms with van der Waals surface area (Å²) in [5, 5.41) is 0.255. The average molecular weight is 488 g/mol. The Hall–Kier alpha value is -3.07. The molecule has 0 spiro atoms. The molecule has 5 rings (SSSR count). The van der Waals surface area contributed by atoms with Gasteiger partial charge in [-0.3, -0.25) is 18.4 Å². The second-order valence-electron chi connectivity index (χ2n) is 8.96. The van der Waals surface area contributed by atoms with E-state index in [1.807, 2.05) is 4.90 Å². The molecule has 3 heterocycles. The first kappa shape index (κ1) is 22.7. The summed E-state index contributed by atoms with van der Waals surface area (Å²) < 4.78 is 29.1. The average Bonchev–Trinajstić information content (AvgIpc) is 3.62. The van der Waals surface area contributed by atoms with Crippen LogP contribution in [-0.4, -0.2) is 58.0 Å². The smallest absolute Gasteiger partial charge is 0.261 e. The predicted octanol–water partition coefficient (Wildman–Crippen LogP) is 3.42. The highest BCUT2D eigenvalue weighted by Crippen LogP contribution is 2.40. The SMILES string of the molecule is Cc1nc2c(-c3ccc(Cl)cc3F)nc(N3CCN(C(=O)[C@@H]4C[C@H]4CF)CC3)cn2c(=O)c1C. The number of halogens is 3. The Morgan fingerprint density at radius 3 is 2.56 bits per heavy atom. The molecule has 3 aromatic rings. The Balaban J connectivity index is 1.52. The van der Waals surface area contributed by atoms with Crippen molar-refractivity contribution in [2.24, 2.45) is 11.8 Å². The Labute approximate surface area is 200 Å². The molecule has 1 aliphatic heterocycles. The molecule has 1 saturated carbocycles. The van der Waals surface area contributed by atoms with Crippen LogP contribution in [0.4, 0.5) is 14.6 Å². The standard InChI is InChI=1S/C24H24ClF2N5O2/c1-13-14(2)28-22-21(17-4-3-16(25)10-19(17)27)29-20(12-32(22)23(13)33)30-5-7-31(8-6-30)24(34)18-9-15(18)11-26/h3-4,10,12,15,18H,5-9,11H2,1-2H3/t15-,18+/m0/s1. The number of amides is 1. The summed E-state index contributed by atoms with van der Waals surface area (Å²) in [6.45, 7) is 4.91. The van der Waals surface area contributed by atoms with Gasteiger partial charge in [-0.25, -0.2) is 14.4 Å². The van der Waals surface area contributed by atoms with Crippen LogP contribution >= 0.6 is 11.6 Å². The molecule has 178 valence electrons. The number of fused-ring (bicyclic) bond motifs is 1. The zero-order valence-electron chi connectivity index (χ0n) is 18.9. The summed E-state index contributed by atoms with van der Waals surface area (Å²) >= 11 is 5.94. The van der Waals surface area contributed by atoms with E-state index in [1.54, 1.807) is 31.0 Å². The zero-order chi connectivity index (χ0) is 24.1. The minimum Gasteiger partial charge on any atom is -0.352 e.